The topological polar surface area (TPSA) is 45.2 Å². The molecule has 0 spiro atoms. The Hall–Kier alpha value is -2.02. The summed E-state index contributed by atoms with van der Waals surface area (Å²) in [4.78, 5) is 3.75. The molecule has 0 fully saturated rings. The van der Waals surface area contributed by atoms with E-state index in [0.717, 1.165) is 11.3 Å². The summed E-state index contributed by atoms with van der Waals surface area (Å²) in [6, 6.07) is -0.754. The number of aromatic nitrogens is 1. The largest absolute Gasteiger partial charge is 0.418 e. The van der Waals surface area contributed by atoms with Gasteiger partial charge in [0.2, 0.25) is 0 Å². The zero-order valence-corrected chi connectivity index (χ0v) is 13.7. The Morgan fingerprint density at radius 1 is 0.889 bits per heavy atom. The summed E-state index contributed by atoms with van der Waals surface area (Å²) in [6.07, 6.45) is -16.3. The van der Waals surface area contributed by atoms with E-state index < -0.39 is 54.1 Å². The smallest absolute Gasteiger partial charge is 0.389 e. The van der Waals surface area contributed by atoms with E-state index in [2.05, 4.69) is 4.98 Å². The third-order valence-corrected chi connectivity index (χ3v) is 4.14. The Morgan fingerprint density at radius 2 is 1.41 bits per heavy atom. The minimum absolute atomic E-state index is 0.0187. The zero-order chi connectivity index (χ0) is 20.6. The number of hydrogen-bond donors (Lipinski definition) is 2. The predicted molar refractivity (Wildman–Crippen MR) is 76.8 cm³/mol. The highest BCUT2D eigenvalue weighted by Crippen LogP contribution is 2.46. The van der Waals surface area contributed by atoms with Gasteiger partial charge in [-0.2, -0.15) is 39.5 Å². The molecule has 27 heavy (non-hydrogen) atoms. The van der Waals surface area contributed by atoms with Gasteiger partial charge < -0.3 is 10.4 Å². The molecule has 0 saturated heterocycles. The Kier molecular flexibility index (Phi) is 5.66. The van der Waals surface area contributed by atoms with Crippen LogP contribution in [0.2, 0.25) is 0 Å². The first-order chi connectivity index (χ1) is 12.2. The Bertz CT molecular complexity index is 773. The van der Waals surface area contributed by atoms with Crippen molar-refractivity contribution in [2.24, 2.45) is 0 Å². The second kappa shape index (κ2) is 7.19. The van der Waals surface area contributed by atoms with Crippen molar-refractivity contribution in [1.82, 2.24) is 4.98 Å². The van der Waals surface area contributed by atoms with Crippen molar-refractivity contribution in [3.63, 3.8) is 0 Å². The minimum atomic E-state index is -5.47. The number of anilines is 1. The molecule has 2 aromatic rings. The number of halogens is 9. The quantitative estimate of drug-likeness (QED) is 0.655. The molecule has 0 atom stereocenters. The van der Waals surface area contributed by atoms with Crippen molar-refractivity contribution in [1.29, 1.82) is 0 Å². The lowest BCUT2D eigenvalue weighted by molar-refractivity contribution is -0.147. The van der Waals surface area contributed by atoms with Gasteiger partial charge in [-0.05, 0) is 12.1 Å². The maximum absolute atomic E-state index is 13.1. The summed E-state index contributed by atoms with van der Waals surface area (Å²) >= 11 is 0.916. The normalized spacial score (nSPS) is 13.1. The van der Waals surface area contributed by atoms with E-state index in [0.29, 0.717) is 0 Å². The summed E-state index contributed by atoms with van der Waals surface area (Å²) in [6.45, 7) is -1.10. The molecule has 0 amide bonds. The first-order valence-corrected chi connectivity index (χ1v) is 7.79. The van der Waals surface area contributed by atoms with E-state index in [1.54, 1.807) is 0 Å². The molecule has 2 N–H and O–H groups in total. The number of aliphatic hydroxyl groups is 1. The molecule has 0 aliphatic heterocycles. The van der Waals surface area contributed by atoms with Crippen LogP contribution in [0.3, 0.4) is 0 Å². The van der Waals surface area contributed by atoms with Crippen molar-refractivity contribution in [2.45, 2.75) is 31.7 Å². The number of aliphatic hydroxyl groups excluding tert-OH is 1. The third kappa shape index (κ3) is 5.03. The van der Waals surface area contributed by atoms with E-state index in [4.69, 9.17) is 5.11 Å². The summed E-state index contributed by atoms with van der Waals surface area (Å²) in [5.74, 6) is 0. The molecule has 150 valence electrons. The molecular formula is C14H9F9N2OS. The van der Waals surface area contributed by atoms with Gasteiger partial charge in [-0.3, -0.25) is 0 Å². The van der Waals surface area contributed by atoms with E-state index in [-0.39, 0.29) is 22.8 Å². The van der Waals surface area contributed by atoms with Gasteiger partial charge in [0.05, 0.1) is 41.2 Å². The van der Waals surface area contributed by atoms with Crippen LogP contribution >= 0.6 is 11.3 Å². The minimum Gasteiger partial charge on any atom is -0.389 e. The Labute approximate surface area is 149 Å². The summed E-state index contributed by atoms with van der Waals surface area (Å²) in [7, 11) is 0. The number of nitrogens with zero attached hydrogens (tertiary/aromatic N) is 1. The highest BCUT2D eigenvalue weighted by Gasteiger charge is 2.44. The van der Waals surface area contributed by atoms with Crippen molar-refractivity contribution in [2.75, 3.05) is 5.32 Å². The predicted octanol–water partition coefficient (Wildman–Crippen LogP) is 5.30. The average molecular weight is 424 g/mol. The van der Waals surface area contributed by atoms with Crippen molar-refractivity contribution < 1.29 is 44.6 Å². The van der Waals surface area contributed by atoms with Gasteiger partial charge in [0.15, 0.2) is 0 Å². The van der Waals surface area contributed by atoms with Crippen LogP contribution in [0.1, 0.15) is 27.4 Å². The van der Waals surface area contributed by atoms with Crippen LogP contribution in [0, 0.1) is 0 Å². The fourth-order valence-electron chi connectivity index (χ4n) is 2.13. The third-order valence-electron chi connectivity index (χ3n) is 3.26. The van der Waals surface area contributed by atoms with Gasteiger partial charge in [-0.1, -0.05) is 0 Å². The molecule has 0 aliphatic carbocycles. The number of nitrogens with one attached hydrogen (secondary N) is 1. The van der Waals surface area contributed by atoms with Crippen LogP contribution in [-0.2, 0) is 31.7 Å². The average Bonchev–Trinajstić information content (AvgIpc) is 2.97. The van der Waals surface area contributed by atoms with Crippen molar-refractivity contribution in [3.05, 3.63) is 44.9 Å². The molecule has 2 rings (SSSR count). The van der Waals surface area contributed by atoms with Crippen LogP contribution in [-0.4, -0.2) is 10.1 Å². The molecule has 0 radical (unpaired) electrons. The maximum Gasteiger partial charge on any atom is 0.418 e. The molecule has 0 aliphatic rings. The first kappa shape index (κ1) is 21.3. The Morgan fingerprint density at radius 3 is 1.78 bits per heavy atom. The molecule has 0 bridgehead atoms. The number of thiazole rings is 1. The highest BCUT2D eigenvalue weighted by atomic mass is 32.1. The summed E-state index contributed by atoms with van der Waals surface area (Å²) in [5.41, 5.74) is -7.76. The molecular weight excluding hydrogens is 415 g/mol. The molecule has 1 aromatic heterocycles. The van der Waals surface area contributed by atoms with Gasteiger partial charge in [0, 0.05) is 5.38 Å². The summed E-state index contributed by atoms with van der Waals surface area (Å²) in [5, 5.41) is 12.2. The zero-order valence-electron chi connectivity index (χ0n) is 12.9. The second-order valence-electron chi connectivity index (χ2n) is 5.18. The van der Waals surface area contributed by atoms with Crippen LogP contribution in [0.15, 0.2) is 17.5 Å². The van der Waals surface area contributed by atoms with Crippen molar-refractivity contribution in [3.8, 4) is 0 Å². The van der Waals surface area contributed by atoms with Gasteiger partial charge in [0.1, 0.15) is 5.01 Å². The first-order valence-electron chi connectivity index (χ1n) is 6.91. The lowest BCUT2D eigenvalue weighted by Crippen LogP contribution is -2.20. The number of alkyl halides is 9. The van der Waals surface area contributed by atoms with Crippen LogP contribution in [0.25, 0.3) is 0 Å². The summed E-state index contributed by atoms with van der Waals surface area (Å²) < 4.78 is 117. The fourth-order valence-corrected chi connectivity index (χ4v) is 2.78. The number of hydrogen-bond acceptors (Lipinski definition) is 4. The second-order valence-corrected chi connectivity index (χ2v) is 6.13. The monoisotopic (exact) mass is 424 g/mol. The van der Waals surface area contributed by atoms with Crippen LogP contribution < -0.4 is 5.32 Å². The maximum atomic E-state index is 13.1. The molecule has 13 heteroatoms. The van der Waals surface area contributed by atoms with Gasteiger partial charge >= 0.3 is 18.5 Å². The van der Waals surface area contributed by atoms with Crippen LogP contribution in [0.4, 0.5) is 45.2 Å². The van der Waals surface area contributed by atoms with Gasteiger partial charge in [-0.15, -0.1) is 11.3 Å². The standard InChI is InChI=1S/C14H9F9N2OS/c15-12(16,17)6-1-8(13(18,19)20)11(9(2-6)14(21,22)23)24-3-7-5-27-10(4-26)25-7/h1-2,5,24,26H,3-4H2. The lowest BCUT2D eigenvalue weighted by Gasteiger charge is -2.22. The van der Waals surface area contributed by atoms with Gasteiger partial charge in [-0.25, -0.2) is 4.98 Å². The van der Waals surface area contributed by atoms with E-state index >= 15 is 0 Å². The lowest BCUT2D eigenvalue weighted by atomic mass is 10.0. The fraction of sp³-hybridized carbons (Fsp3) is 0.357. The molecule has 3 nitrogen and oxygen atoms in total. The number of rotatable bonds is 4. The van der Waals surface area contributed by atoms with E-state index in [1.165, 1.54) is 5.38 Å². The van der Waals surface area contributed by atoms with Crippen molar-refractivity contribution >= 4 is 17.0 Å². The van der Waals surface area contributed by atoms with Gasteiger partial charge in [0.25, 0.3) is 0 Å². The highest BCUT2D eigenvalue weighted by molar-refractivity contribution is 7.09. The molecule has 0 unspecified atom stereocenters. The van der Waals surface area contributed by atoms with E-state index in [1.807, 2.05) is 5.32 Å². The number of benzene rings is 1. The Balaban J connectivity index is 2.58. The molecule has 0 saturated carbocycles. The van der Waals surface area contributed by atoms with E-state index in [9.17, 15) is 39.5 Å². The molecule has 1 heterocycles. The molecule has 1 aromatic carbocycles. The SMILES string of the molecule is OCc1nc(CNc2c(C(F)(F)F)cc(C(F)(F)F)cc2C(F)(F)F)cs1. The van der Waals surface area contributed by atoms with Crippen LogP contribution in [0.5, 0.6) is 0 Å².